The molecule has 0 saturated carbocycles. The van der Waals surface area contributed by atoms with Gasteiger partial charge in [-0.25, -0.2) is 0 Å². The summed E-state index contributed by atoms with van der Waals surface area (Å²) in [5, 5.41) is 11.4. The summed E-state index contributed by atoms with van der Waals surface area (Å²) in [7, 11) is 0. The second-order valence-electron chi connectivity index (χ2n) is 3.79. The number of hydrogen-bond acceptors (Lipinski definition) is 5. The van der Waals surface area contributed by atoms with Crippen molar-refractivity contribution in [2.75, 3.05) is 6.54 Å². The number of hydrogen-bond donors (Lipinski definition) is 1. The van der Waals surface area contributed by atoms with Crippen molar-refractivity contribution in [1.29, 1.82) is 0 Å². The van der Waals surface area contributed by atoms with E-state index in [0.717, 1.165) is 21.8 Å². The maximum atomic E-state index is 9.13. The Hall–Kier alpha value is -1.58. The minimum Gasteiger partial charge on any atom is -1.00 e. The molecular formula is C14H12ClN3O2Pd. The van der Waals surface area contributed by atoms with E-state index in [2.05, 4.69) is 40.0 Å². The Labute approximate surface area is 141 Å². The molecule has 2 aromatic heterocycles. The fourth-order valence-corrected chi connectivity index (χ4v) is 1.68. The van der Waals surface area contributed by atoms with Gasteiger partial charge in [0.15, 0.2) is 0 Å². The van der Waals surface area contributed by atoms with Crippen molar-refractivity contribution in [1.82, 2.24) is 9.97 Å². The molecule has 0 radical (unpaired) electrons. The summed E-state index contributed by atoms with van der Waals surface area (Å²) in [6, 6.07) is 12.1. The molecule has 0 aliphatic carbocycles. The summed E-state index contributed by atoms with van der Waals surface area (Å²) in [6.07, 6.45) is 3.60. The van der Waals surface area contributed by atoms with Gasteiger partial charge < -0.3 is 28.0 Å². The van der Waals surface area contributed by atoms with Crippen LogP contribution >= 0.6 is 0 Å². The number of carbonyl (C=O) groups is 1. The van der Waals surface area contributed by atoms with Gasteiger partial charge in [0, 0.05) is 29.7 Å². The standard InChI is InChI=1S/C12H8N2.C2H5NO2.ClH.Pd/c1-3-9-5-6-10-4-2-8-14-12(10)11(9)13-7-1;3-1-2(4)5;;/h1-8H;1,3H2,(H,4,5);1H;/q;;;+2/p-2. The van der Waals surface area contributed by atoms with Crippen molar-refractivity contribution in [2.45, 2.75) is 0 Å². The van der Waals surface area contributed by atoms with E-state index in [1.807, 2.05) is 12.1 Å². The van der Waals surface area contributed by atoms with E-state index in [4.69, 9.17) is 9.90 Å². The summed E-state index contributed by atoms with van der Waals surface area (Å²) in [5.41, 5.74) is 6.46. The summed E-state index contributed by atoms with van der Waals surface area (Å²) in [6.45, 7) is -0.389. The van der Waals surface area contributed by atoms with Crippen LogP contribution in [-0.4, -0.2) is 22.5 Å². The normalized spacial score (nSPS) is 9.00. The number of fused-ring (bicyclic) bond motifs is 3. The van der Waals surface area contributed by atoms with Crippen LogP contribution in [0.2, 0.25) is 0 Å². The average Bonchev–Trinajstić information content (AvgIpc) is 2.48. The number of halogens is 1. The second kappa shape index (κ2) is 9.38. The predicted molar refractivity (Wildman–Crippen MR) is 71.1 cm³/mol. The summed E-state index contributed by atoms with van der Waals surface area (Å²) in [5.74, 6) is -1.22. The third-order valence-corrected chi connectivity index (χ3v) is 2.51. The Morgan fingerprint density at radius 2 is 1.38 bits per heavy atom. The van der Waals surface area contributed by atoms with Crippen molar-refractivity contribution < 1.29 is 42.7 Å². The van der Waals surface area contributed by atoms with Crippen molar-refractivity contribution >= 4 is 27.8 Å². The van der Waals surface area contributed by atoms with Crippen LogP contribution in [0.4, 0.5) is 0 Å². The fourth-order valence-electron chi connectivity index (χ4n) is 1.68. The number of aliphatic carboxylic acids is 1. The minimum absolute atomic E-state index is 0. The van der Waals surface area contributed by atoms with Gasteiger partial charge in [-0.1, -0.05) is 24.3 Å². The monoisotopic (exact) mass is 395 g/mol. The Kier molecular flexibility index (Phi) is 8.67. The van der Waals surface area contributed by atoms with E-state index >= 15 is 0 Å². The van der Waals surface area contributed by atoms with Gasteiger partial charge in [0.05, 0.1) is 17.0 Å². The fraction of sp³-hybridized carbons (Fsp3) is 0.0714. The van der Waals surface area contributed by atoms with Gasteiger partial charge in [-0.2, -0.15) is 0 Å². The molecule has 3 aromatic rings. The molecule has 0 bridgehead atoms. The van der Waals surface area contributed by atoms with Crippen molar-refractivity contribution in [3.63, 3.8) is 0 Å². The Bertz CT molecular complexity index is 670. The number of carbonyl (C=O) groups excluding carboxylic acids is 1. The Balaban J connectivity index is 0.000000507. The van der Waals surface area contributed by atoms with Crippen LogP contribution in [-0.2, 0) is 25.2 Å². The third kappa shape index (κ3) is 5.03. The van der Waals surface area contributed by atoms with Gasteiger partial charge in [0.2, 0.25) is 0 Å². The molecule has 0 atom stereocenters. The Morgan fingerprint density at radius 3 is 1.71 bits per heavy atom. The number of carboxylic acids is 1. The number of benzene rings is 1. The van der Waals surface area contributed by atoms with Crippen LogP contribution in [0.3, 0.4) is 0 Å². The average molecular weight is 396 g/mol. The van der Waals surface area contributed by atoms with Crippen molar-refractivity contribution in [3.05, 3.63) is 48.8 Å². The first-order valence-corrected chi connectivity index (χ1v) is 5.71. The molecule has 2 N–H and O–H groups in total. The quantitative estimate of drug-likeness (QED) is 0.362. The zero-order valence-corrected chi connectivity index (χ0v) is 13.1. The van der Waals surface area contributed by atoms with Crippen LogP contribution in [0.15, 0.2) is 48.8 Å². The smallest absolute Gasteiger partial charge is 1.00 e. The van der Waals surface area contributed by atoms with Gasteiger partial charge in [-0.15, -0.1) is 0 Å². The molecule has 0 unspecified atom stereocenters. The maximum absolute atomic E-state index is 9.13. The van der Waals surface area contributed by atoms with Gasteiger partial charge >= 0.3 is 20.4 Å². The van der Waals surface area contributed by atoms with Gasteiger partial charge in [-0.3, -0.25) is 9.97 Å². The number of rotatable bonds is 1. The molecule has 0 aliphatic heterocycles. The van der Waals surface area contributed by atoms with Crippen LogP contribution in [0.5, 0.6) is 0 Å². The molecule has 7 heteroatoms. The molecule has 5 nitrogen and oxygen atoms in total. The predicted octanol–water partition coefficient (Wildman–Crippen LogP) is -2.52. The van der Waals surface area contributed by atoms with Crippen LogP contribution < -0.4 is 23.2 Å². The first-order valence-electron chi connectivity index (χ1n) is 5.71. The molecule has 0 spiro atoms. The number of carboxylic acid groups (broad SMARTS) is 1. The van der Waals surface area contributed by atoms with Crippen molar-refractivity contribution in [2.24, 2.45) is 5.73 Å². The topological polar surface area (TPSA) is 91.9 Å². The van der Waals surface area contributed by atoms with Gasteiger partial charge in [0.25, 0.3) is 0 Å². The van der Waals surface area contributed by atoms with Gasteiger partial charge in [-0.05, 0) is 12.1 Å². The largest absolute Gasteiger partial charge is 2.00 e. The van der Waals surface area contributed by atoms with Crippen LogP contribution in [0, 0.1) is 0 Å². The van der Waals surface area contributed by atoms with E-state index in [-0.39, 0.29) is 39.4 Å². The van der Waals surface area contributed by atoms with Crippen LogP contribution in [0.1, 0.15) is 0 Å². The molecule has 0 saturated heterocycles. The van der Waals surface area contributed by atoms with E-state index in [0.29, 0.717) is 0 Å². The van der Waals surface area contributed by atoms with E-state index in [9.17, 15) is 0 Å². The molecule has 3 rings (SSSR count). The van der Waals surface area contributed by atoms with E-state index in [1.54, 1.807) is 12.4 Å². The molecule has 1 aromatic carbocycles. The second-order valence-corrected chi connectivity index (χ2v) is 3.79. The maximum Gasteiger partial charge on any atom is 2.00 e. The molecule has 0 aliphatic rings. The first-order chi connectivity index (χ1) is 9.22. The number of aromatic nitrogens is 2. The van der Waals surface area contributed by atoms with Crippen molar-refractivity contribution in [3.8, 4) is 0 Å². The third-order valence-electron chi connectivity index (χ3n) is 2.51. The molecule has 0 fully saturated rings. The molecule has 21 heavy (non-hydrogen) atoms. The molecule has 2 heterocycles. The van der Waals surface area contributed by atoms with Crippen LogP contribution in [0.25, 0.3) is 21.8 Å². The zero-order valence-electron chi connectivity index (χ0n) is 10.8. The summed E-state index contributed by atoms with van der Waals surface area (Å²) in [4.78, 5) is 17.8. The number of nitrogens with two attached hydrogens (primary N) is 1. The number of nitrogens with zero attached hydrogens (tertiary/aromatic N) is 2. The molecule has 0 amide bonds. The summed E-state index contributed by atoms with van der Waals surface area (Å²) >= 11 is 0. The minimum atomic E-state index is -1.22. The summed E-state index contributed by atoms with van der Waals surface area (Å²) < 4.78 is 0. The van der Waals surface area contributed by atoms with E-state index < -0.39 is 5.97 Å². The SMILES string of the molecule is NCC(=O)[O-].[Cl-].[Pd+2].c1cnc2c(c1)ccc1cccnc12. The zero-order chi connectivity index (χ0) is 13.7. The molecule has 112 valence electrons. The number of pyridine rings is 2. The molecular weight excluding hydrogens is 384 g/mol. The first kappa shape index (κ1) is 19.4. The van der Waals surface area contributed by atoms with Gasteiger partial charge in [0.1, 0.15) is 0 Å². The Morgan fingerprint density at radius 1 is 1.00 bits per heavy atom. The van der Waals surface area contributed by atoms with E-state index in [1.165, 1.54) is 0 Å².